The second kappa shape index (κ2) is 8.47. The third kappa shape index (κ3) is 4.63. The molecule has 3 N–H and O–H groups in total. The van der Waals surface area contributed by atoms with E-state index in [1.165, 1.54) is 6.07 Å². The highest BCUT2D eigenvalue weighted by Crippen LogP contribution is 2.27. The van der Waals surface area contributed by atoms with Gasteiger partial charge in [0.25, 0.3) is 5.91 Å². The maximum Gasteiger partial charge on any atom is 0.273 e. The first-order valence-corrected chi connectivity index (χ1v) is 9.38. The predicted molar refractivity (Wildman–Crippen MR) is 99.0 cm³/mol. The monoisotopic (exact) mass is 375 g/mol. The van der Waals surface area contributed by atoms with E-state index in [-0.39, 0.29) is 35.5 Å². The van der Waals surface area contributed by atoms with Crippen molar-refractivity contribution in [1.82, 2.24) is 20.3 Å². The summed E-state index contributed by atoms with van der Waals surface area (Å²) >= 11 is 0. The van der Waals surface area contributed by atoms with E-state index in [9.17, 15) is 9.18 Å². The summed E-state index contributed by atoms with van der Waals surface area (Å²) in [6.45, 7) is 3.98. The maximum absolute atomic E-state index is 14.0. The van der Waals surface area contributed by atoms with E-state index in [0.717, 1.165) is 25.7 Å². The third-order valence-electron chi connectivity index (χ3n) is 4.96. The summed E-state index contributed by atoms with van der Waals surface area (Å²) in [6.07, 6.45) is 5.45. The number of ether oxygens (including phenoxy) is 1. The predicted octanol–water partition coefficient (Wildman–Crippen LogP) is 2.75. The summed E-state index contributed by atoms with van der Waals surface area (Å²) in [5, 5.41) is 10.9. The van der Waals surface area contributed by atoms with Crippen LogP contribution in [0.2, 0.25) is 0 Å². The number of nitrogens with zero attached hydrogens (tertiary/aromatic N) is 3. The molecule has 146 valence electrons. The molecule has 1 aliphatic rings. The van der Waals surface area contributed by atoms with Gasteiger partial charge >= 0.3 is 0 Å². The minimum atomic E-state index is -0.447. The van der Waals surface area contributed by atoms with Crippen molar-refractivity contribution in [3.63, 3.8) is 0 Å². The van der Waals surface area contributed by atoms with Gasteiger partial charge in [0, 0.05) is 6.04 Å². The van der Waals surface area contributed by atoms with Crippen molar-refractivity contribution in [3.8, 4) is 5.75 Å². The van der Waals surface area contributed by atoms with Gasteiger partial charge in [-0.1, -0.05) is 11.3 Å². The van der Waals surface area contributed by atoms with Crippen LogP contribution >= 0.6 is 0 Å². The van der Waals surface area contributed by atoms with Crippen LogP contribution in [0.3, 0.4) is 0 Å². The van der Waals surface area contributed by atoms with Crippen molar-refractivity contribution in [2.24, 2.45) is 5.73 Å². The average molecular weight is 375 g/mol. The Balaban J connectivity index is 1.62. The Labute approximate surface area is 158 Å². The highest BCUT2D eigenvalue weighted by Gasteiger charge is 2.23. The van der Waals surface area contributed by atoms with Crippen LogP contribution in [0.15, 0.2) is 24.4 Å². The minimum absolute atomic E-state index is 0.204. The van der Waals surface area contributed by atoms with Gasteiger partial charge in [0.1, 0.15) is 0 Å². The molecule has 1 atom stereocenters. The number of carbonyl (C=O) groups is 1. The standard InChI is InChI=1S/C19H26FN5O2/c1-3-27-18-9-4-13(10-16(18)20)12(2)22-19(26)17-11-25(24-23-17)15-7-5-14(21)6-8-15/h4,9-12,14-15H,3,5-8,21H2,1-2H3,(H,22,26)/t12-,14?,15?/m0/s1. The Hall–Kier alpha value is -2.48. The molecule has 0 aliphatic heterocycles. The number of aromatic nitrogens is 3. The lowest BCUT2D eigenvalue weighted by Gasteiger charge is -2.25. The number of benzene rings is 1. The molecule has 1 heterocycles. The summed E-state index contributed by atoms with van der Waals surface area (Å²) in [5.74, 6) is -0.581. The van der Waals surface area contributed by atoms with Gasteiger partial charge in [0.15, 0.2) is 17.3 Å². The molecule has 7 nitrogen and oxygen atoms in total. The van der Waals surface area contributed by atoms with Gasteiger partial charge < -0.3 is 15.8 Å². The minimum Gasteiger partial charge on any atom is -0.491 e. The van der Waals surface area contributed by atoms with Crippen molar-refractivity contribution >= 4 is 5.91 Å². The molecule has 0 bridgehead atoms. The zero-order valence-corrected chi connectivity index (χ0v) is 15.7. The van der Waals surface area contributed by atoms with E-state index in [1.54, 1.807) is 36.9 Å². The largest absolute Gasteiger partial charge is 0.491 e. The highest BCUT2D eigenvalue weighted by atomic mass is 19.1. The van der Waals surface area contributed by atoms with Crippen molar-refractivity contribution in [1.29, 1.82) is 0 Å². The molecule has 1 fully saturated rings. The van der Waals surface area contributed by atoms with E-state index in [0.29, 0.717) is 12.2 Å². The number of amides is 1. The molecular formula is C19H26FN5O2. The van der Waals surface area contributed by atoms with Crippen molar-refractivity contribution in [2.75, 3.05) is 6.61 Å². The SMILES string of the molecule is CCOc1ccc([C@H](C)NC(=O)c2cn(C3CCC(N)CC3)nn2)cc1F. The number of rotatable bonds is 6. The van der Waals surface area contributed by atoms with Crippen LogP contribution in [-0.2, 0) is 0 Å². The molecule has 0 radical (unpaired) electrons. The third-order valence-corrected chi connectivity index (χ3v) is 4.96. The van der Waals surface area contributed by atoms with Crippen LogP contribution in [0.1, 0.15) is 67.7 Å². The molecule has 0 spiro atoms. The molecule has 1 aromatic carbocycles. The lowest BCUT2D eigenvalue weighted by atomic mass is 9.92. The fraction of sp³-hybridized carbons (Fsp3) is 0.526. The first-order chi connectivity index (χ1) is 13.0. The summed E-state index contributed by atoms with van der Waals surface area (Å²) < 4.78 is 21.0. The van der Waals surface area contributed by atoms with Crippen LogP contribution in [0.5, 0.6) is 5.75 Å². The zero-order chi connectivity index (χ0) is 19.4. The van der Waals surface area contributed by atoms with Crippen LogP contribution in [0.25, 0.3) is 0 Å². The van der Waals surface area contributed by atoms with Gasteiger partial charge in [-0.05, 0) is 57.2 Å². The molecule has 0 saturated heterocycles. The van der Waals surface area contributed by atoms with E-state index < -0.39 is 5.82 Å². The van der Waals surface area contributed by atoms with E-state index >= 15 is 0 Å². The van der Waals surface area contributed by atoms with Gasteiger partial charge in [-0.3, -0.25) is 4.79 Å². The number of hydrogen-bond acceptors (Lipinski definition) is 5. The first-order valence-electron chi connectivity index (χ1n) is 9.38. The molecule has 0 unspecified atom stereocenters. The van der Waals surface area contributed by atoms with Crippen LogP contribution in [-0.4, -0.2) is 33.5 Å². The molecule has 1 aromatic heterocycles. The second-order valence-electron chi connectivity index (χ2n) is 6.97. The number of hydrogen-bond donors (Lipinski definition) is 2. The Morgan fingerprint density at radius 1 is 1.41 bits per heavy atom. The van der Waals surface area contributed by atoms with Gasteiger partial charge in [-0.15, -0.1) is 5.10 Å². The van der Waals surface area contributed by atoms with Crippen molar-refractivity contribution in [3.05, 3.63) is 41.5 Å². The number of carbonyl (C=O) groups excluding carboxylic acids is 1. The van der Waals surface area contributed by atoms with Crippen molar-refractivity contribution < 1.29 is 13.9 Å². The van der Waals surface area contributed by atoms with Gasteiger partial charge in [-0.2, -0.15) is 0 Å². The molecule has 27 heavy (non-hydrogen) atoms. The molecule has 2 aromatic rings. The molecular weight excluding hydrogens is 349 g/mol. The van der Waals surface area contributed by atoms with Gasteiger partial charge in [0.2, 0.25) is 0 Å². The molecule has 1 saturated carbocycles. The van der Waals surface area contributed by atoms with Crippen LogP contribution in [0, 0.1) is 5.82 Å². The topological polar surface area (TPSA) is 95.1 Å². The number of nitrogens with one attached hydrogen (secondary N) is 1. The summed E-state index contributed by atoms with van der Waals surface area (Å²) in [6, 6.07) is 4.79. The van der Waals surface area contributed by atoms with Crippen LogP contribution in [0.4, 0.5) is 4.39 Å². The lowest BCUT2D eigenvalue weighted by molar-refractivity contribution is 0.0934. The molecule has 3 rings (SSSR count). The Morgan fingerprint density at radius 3 is 2.81 bits per heavy atom. The summed E-state index contributed by atoms with van der Waals surface area (Å²) in [7, 11) is 0. The van der Waals surface area contributed by atoms with Gasteiger partial charge in [0.05, 0.1) is 24.9 Å². The maximum atomic E-state index is 14.0. The van der Waals surface area contributed by atoms with Crippen LogP contribution < -0.4 is 15.8 Å². The van der Waals surface area contributed by atoms with E-state index in [1.807, 2.05) is 0 Å². The average Bonchev–Trinajstić information content (AvgIpc) is 3.14. The summed E-state index contributed by atoms with van der Waals surface area (Å²) in [4.78, 5) is 12.5. The van der Waals surface area contributed by atoms with Crippen molar-refractivity contribution in [2.45, 2.75) is 57.7 Å². The Kier molecular flexibility index (Phi) is 6.05. The smallest absolute Gasteiger partial charge is 0.273 e. The van der Waals surface area contributed by atoms with E-state index in [4.69, 9.17) is 10.5 Å². The normalized spacial score (nSPS) is 20.9. The van der Waals surface area contributed by atoms with Gasteiger partial charge in [-0.25, -0.2) is 9.07 Å². The number of nitrogens with two attached hydrogens (primary N) is 1. The quantitative estimate of drug-likeness (QED) is 0.809. The molecule has 1 amide bonds. The fourth-order valence-corrected chi connectivity index (χ4v) is 3.34. The second-order valence-corrected chi connectivity index (χ2v) is 6.97. The Morgan fingerprint density at radius 2 is 2.15 bits per heavy atom. The first kappa shape index (κ1) is 19.3. The number of halogens is 1. The highest BCUT2D eigenvalue weighted by molar-refractivity contribution is 5.92. The summed E-state index contributed by atoms with van der Waals surface area (Å²) in [5.41, 5.74) is 6.84. The molecule has 1 aliphatic carbocycles. The lowest BCUT2D eigenvalue weighted by Crippen LogP contribution is -2.28. The molecule has 8 heteroatoms. The zero-order valence-electron chi connectivity index (χ0n) is 15.7. The Bertz CT molecular complexity index is 786. The fourth-order valence-electron chi connectivity index (χ4n) is 3.34. The van der Waals surface area contributed by atoms with E-state index in [2.05, 4.69) is 15.6 Å².